The molecule has 0 fully saturated rings. The van der Waals surface area contributed by atoms with Gasteiger partial charge in [-0.25, -0.2) is 0 Å². The molecule has 0 aliphatic carbocycles. The first-order chi connectivity index (χ1) is 7.16. The van der Waals surface area contributed by atoms with Gasteiger partial charge in [-0.2, -0.15) is 0 Å². The number of aromatic nitrogens is 1. The number of rotatable bonds is 2. The number of hydrogen-bond acceptors (Lipinski definition) is 2. The summed E-state index contributed by atoms with van der Waals surface area (Å²) >= 11 is 0. The molecule has 0 saturated heterocycles. The zero-order valence-corrected chi connectivity index (χ0v) is 8.53. The highest BCUT2D eigenvalue weighted by Gasteiger charge is 2.02. The third-order valence-corrected chi connectivity index (χ3v) is 2.40. The second-order valence-corrected chi connectivity index (χ2v) is 3.62. The Morgan fingerprint density at radius 2 is 2.20 bits per heavy atom. The summed E-state index contributed by atoms with van der Waals surface area (Å²) in [5.41, 5.74) is 8.19. The van der Waals surface area contributed by atoms with Crippen molar-refractivity contribution in [2.45, 2.75) is 13.3 Å². The minimum Gasteiger partial charge on any atom is -0.369 e. The van der Waals surface area contributed by atoms with Gasteiger partial charge in [0.05, 0.1) is 11.9 Å². The Balaban J connectivity index is 2.54. The van der Waals surface area contributed by atoms with Crippen LogP contribution in [0.3, 0.4) is 0 Å². The van der Waals surface area contributed by atoms with Gasteiger partial charge in [-0.15, -0.1) is 0 Å². The number of nitrogens with two attached hydrogens (primary N) is 1. The van der Waals surface area contributed by atoms with Crippen molar-refractivity contribution in [1.29, 1.82) is 0 Å². The molecule has 0 aliphatic heterocycles. The molecule has 0 spiro atoms. The van der Waals surface area contributed by atoms with Gasteiger partial charge in [0.15, 0.2) is 0 Å². The summed E-state index contributed by atoms with van der Waals surface area (Å²) in [6.07, 6.45) is 2.07. The minimum absolute atomic E-state index is 0.282. The van der Waals surface area contributed by atoms with Crippen molar-refractivity contribution in [3.63, 3.8) is 0 Å². The largest absolute Gasteiger partial charge is 0.369 e. The lowest BCUT2D eigenvalue weighted by molar-refractivity contribution is -0.117. The van der Waals surface area contributed by atoms with Crippen LogP contribution in [0.25, 0.3) is 10.9 Å². The molecule has 0 radical (unpaired) electrons. The SMILES string of the molecule is Cc1ccnc2ccc(CC(N)=O)cc12. The van der Waals surface area contributed by atoms with Gasteiger partial charge in [0.25, 0.3) is 0 Å². The van der Waals surface area contributed by atoms with Crippen LogP contribution in [0, 0.1) is 6.92 Å². The fourth-order valence-corrected chi connectivity index (χ4v) is 1.64. The number of carbonyl (C=O) groups excluding carboxylic acids is 1. The molecule has 0 bridgehead atoms. The summed E-state index contributed by atoms with van der Waals surface area (Å²) < 4.78 is 0. The van der Waals surface area contributed by atoms with Crippen molar-refractivity contribution in [3.05, 3.63) is 41.6 Å². The lowest BCUT2D eigenvalue weighted by Crippen LogP contribution is -2.13. The first-order valence-electron chi connectivity index (χ1n) is 4.79. The summed E-state index contributed by atoms with van der Waals surface area (Å²) in [7, 11) is 0. The summed E-state index contributed by atoms with van der Waals surface area (Å²) in [4.78, 5) is 15.0. The maximum atomic E-state index is 10.8. The monoisotopic (exact) mass is 200 g/mol. The van der Waals surface area contributed by atoms with Crippen LogP contribution in [0.1, 0.15) is 11.1 Å². The number of carbonyl (C=O) groups is 1. The standard InChI is InChI=1S/C12H12N2O/c1-8-4-5-14-11-3-2-9(6-10(8)11)7-12(13)15/h2-6H,7H2,1H3,(H2,13,15). The Morgan fingerprint density at radius 1 is 1.40 bits per heavy atom. The molecule has 2 aromatic rings. The number of nitrogens with zero attached hydrogens (tertiary/aromatic N) is 1. The molecule has 3 heteroatoms. The van der Waals surface area contributed by atoms with E-state index in [0.29, 0.717) is 0 Å². The van der Waals surface area contributed by atoms with Crippen molar-refractivity contribution >= 4 is 16.8 Å². The van der Waals surface area contributed by atoms with E-state index in [1.54, 1.807) is 6.20 Å². The maximum absolute atomic E-state index is 10.8. The van der Waals surface area contributed by atoms with E-state index in [1.807, 2.05) is 31.2 Å². The smallest absolute Gasteiger partial charge is 0.221 e. The van der Waals surface area contributed by atoms with Crippen LogP contribution in [-0.2, 0) is 11.2 Å². The van der Waals surface area contributed by atoms with Gasteiger partial charge in [-0.3, -0.25) is 9.78 Å². The maximum Gasteiger partial charge on any atom is 0.221 e. The van der Waals surface area contributed by atoms with Crippen LogP contribution in [0.2, 0.25) is 0 Å². The molecule has 3 nitrogen and oxygen atoms in total. The van der Waals surface area contributed by atoms with Gasteiger partial charge >= 0.3 is 0 Å². The summed E-state index contributed by atoms with van der Waals surface area (Å²) in [5.74, 6) is -0.309. The molecule has 76 valence electrons. The van der Waals surface area contributed by atoms with Crippen LogP contribution in [0.15, 0.2) is 30.5 Å². The van der Waals surface area contributed by atoms with E-state index in [-0.39, 0.29) is 12.3 Å². The topological polar surface area (TPSA) is 56.0 Å². The van der Waals surface area contributed by atoms with Gasteiger partial charge in [-0.05, 0) is 36.2 Å². The number of fused-ring (bicyclic) bond motifs is 1. The van der Waals surface area contributed by atoms with Crippen LogP contribution < -0.4 is 5.73 Å². The van der Waals surface area contributed by atoms with Crippen LogP contribution in [0.4, 0.5) is 0 Å². The minimum atomic E-state index is -0.309. The van der Waals surface area contributed by atoms with E-state index in [1.165, 1.54) is 0 Å². The zero-order valence-electron chi connectivity index (χ0n) is 8.53. The van der Waals surface area contributed by atoms with E-state index in [9.17, 15) is 4.79 Å². The van der Waals surface area contributed by atoms with E-state index in [0.717, 1.165) is 22.0 Å². The number of primary amides is 1. The molecule has 0 saturated carbocycles. The fourth-order valence-electron chi connectivity index (χ4n) is 1.64. The second-order valence-electron chi connectivity index (χ2n) is 3.62. The van der Waals surface area contributed by atoms with Crippen LogP contribution in [-0.4, -0.2) is 10.9 Å². The number of pyridine rings is 1. The third-order valence-electron chi connectivity index (χ3n) is 2.40. The molecule has 1 amide bonds. The van der Waals surface area contributed by atoms with E-state index >= 15 is 0 Å². The summed E-state index contributed by atoms with van der Waals surface area (Å²) in [5, 5.41) is 1.08. The molecular formula is C12H12N2O. The highest BCUT2D eigenvalue weighted by atomic mass is 16.1. The Morgan fingerprint density at radius 3 is 2.93 bits per heavy atom. The van der Waals surface area contributed by atoms with Crippen LogP contribution >= 0.6 is 0 Å². The van der Waals surface area contributed by atoms with E-state index in [2.05, 4.69) is 4.98 Å². The molecule has 1 aromatic heterocycles. The molecule has 2 N–H and O–H groups in total. The van der Waals surface area contributed by atoms with Crippen molar-refractivity contribution in [2.24, 2.45) is 5.73 Å². The molecule has 1 heterocycles. The van der Waals surface area contributed by atoms with Crippen molar-refractivity contribution < 1.29 is 4.79 Å². The zero-order chi connectivity index (χ0) is 10.8. The molecule has 15 heavy (non-hydrogen) atoms. The number of benzene rings is 1. The van der Waals surface area contributed by atoms with E-state index < -0.39 is 0 Å². The highest BCUT2D eigenvalue weighted by molar-refractivity contribution is 5.84. The van der Waals surface area contributed by atoms with Crippen LogP contribution in [0.5, 0.6) is 0 Å². The molecule has 1 aromatic carbocycles. The predicted molar refractivity (Wildman–Crippen MR) is 59.4 cm³/mol. The first-order valence-corrected chi connectivity index (χ1v) is 4.79. The Labute approximate surface area is 87.9 Å². The van der Waals surface area contributed by atoms with Crippen molar-refractivity contribution in [1.82, 2.24) is 4.98 Å². The Kier molecular flexibility index (Phi) is 2.37. The number of aryl methyl sites for hydroxylation is 1. The normalized spacial score (nSPS) is 10.5. The van der Waals surface area contributed by atoms with Crippen molar-refractivity contribution in [2.75, 3.05) is 0 Å². The summed E-state index contributed by atoms with van der Waals surface area (Å²) in [6.45, 7) is 2.03. The Bertz CT molecular complexity index is 520. The number of hydrogen-bond donors (Lipinski definition) is 1. The van der Waals surface area contributed by atoms with Gasteiger partial charge in [-0.1, -0.05) is 6.07 Å². The molecular weight excluding hydrogens is 188 g/mol. The lowest BCUT2D eigenvalue weighted by atomic mass is 10.1. The molecule has 0 aliphatic rings. The van der Waals surface area contributed by atoms with Gasteiger partial charge in [0.1, 0.15) is 0 Å². The van der Waals surface area contributed by atoms with Gasteiger partial charge in [0, 0.05) is 11.6 Å². The lowest BCUT2D eigenvalue weighted by Gasteiger charge is -2.03. The quantitative estimate of drug-likeness (QED) is 0.800. The molecule has 0 atom stereocenters. The third kappa shape index (κ3) is 1.96. The van der Waals surface area contributed by atoms with Crippen molar-refractivity contribution in [3.8, 4) is 0 Å². The number of amides is 1. The van der Waals surface area contributed by atoms with E-state index in [4.69, 9.17) is 5.73 Å². The Hall–Kier alpha value is -1.90. The first kappa shape index (κ1) is 9.65. The molecule has 2 rings (SSSR count). The highest BCUT2D eigenvalue weighted by Crippen LogP contribution is 2.17. The average molecular weight is 200 g/mol. The van der Waals surface area contributed by atoms with Gasteiger partial charge in [0.2, 0.25) is 5.91 Å². The summed E-state index contributed by atoms with van der Waals surface area (Å²) in [6, 6.07) is 7.74. The van der Waals surface area contributed by atoms with Gasteiger partial charge < -0.3 is 5.73 Å². The second kappa shape index (κ2) is 3.69. The molecule has 0 unspecified atom stereocenters. The predicted octanol–water partition coefficient (Wildman–Crippen LogP) is 1.57. The fraction of sp³-hybridized carbons (Fsp3) is 0.167. The average Bonchev–Trinajstić information content (AvgIpc) is 2.18.